The van der Waals surface area contributed by atoms with Gasteiger partial charge >= 0.3 is 0 Å². The van der Waals surface area contributed by atoms with Crippen molar-refractivity contribution in [1.82, 2.24) is 9.78 Å². The maximum Gasteiger partial charge on any atom is 0.119 e. The SMILES string of the molecule is COc1ccc(-n2nc(CN)cc2-c2ccc(Cl)cc2)cc1. The molecule has 5 heteroatoms. The summed E-state index contributed by atoms with van der Waals surface area (Å²) in [6, 6.07) is 17.4. The van der Waals surface area contributed by atoms with E-state index in [1.165, 1.54) is 0 Å². The molecule has 0 fully saturated rings. The highest BCUT2D eigenvalue weighted by Crippen LogP contribution is 2.26. The van der Waals surface area contributed by atoms with Gasteiger partial charge in [-0.25, -0.2) is 4.68 Å². The summed E-state index contributed by atoms with van der Waals surface area (Å²) in [7, 11) is 1.65. The molecule has 0 bridgehead atoms. The maximum atomic E-state index is 5.97. The van der Waals surface area contributed by atoms with Gasteiger partial charge in [0, 0.05) is 17.1 Å². The molecule has 0 radical (unpaired) electrons. The van der Waals surface area contributed by atoms with Crippen LogP contribution in [0.2, 0.25) is 5.02 Å². The Morgan fingerprint density at radius 3 is 2.36 bits per heavy atom. The van der Waals surface area contributed by atoms with Crippen molar-refractivity contribution < 1.29 is 4.74 Å². The van der Waals surface area contributed by atoms with Crippen LogP contribution in [0.15, 0.2) is 54.6 Å². The number of ether oxygens (including phenoxy) is 1. The zero-order chi connectivity index (χ0) is 15.5. The molecule has 0 unspecified atom stereocenters. The van der Waals surface area contributed by atoms with E-state index in [2.05, 4.69) is 5.10 Å². The molecule has 0 saturated heterocycles. The highest BCUT2D eigenvalue weighted by atomic mass is 35.5. The van der Waals surface area contributed by atoms with Gasteiger partial charge < -0.3 is 10.5 Å². The van der Waals surface area contributed by atoms with E-state index in [-0.39, 0.29) is 0 Å². The smallest absolute Gasteiger partial charge is 0.119 e. The molecule has 1 heterocycles. The van der Waals surface area contributed by atoms with Gasteiger partial charge in [0.15, 0.2) is 0 Å². The number of benzene rings is 2. The van der Waals surface area contributed by atoms with Crippen LogP contribution < -0.4 is 10.5 Å². The Bertz CT molecular complexity index is 764. The van der Waals surface area contributed by atoms with Gasteiger partial charge in [-0.05, 0) is 42.5 Å². The Morgan fingerprint density at radius 1 is 1.09 bits per heavy atom. The number of hydrogen-bond donors (Lipinski definition) is 1. The molecule has 1 aromatic heterocycles. The standard InChI is InChI=1S/C17H16ClN3O/c1-22-16-8-6-15(7-9-16)21-17(10-14(11-19)20-21)12-2-4-13(18)5-3-12/h2-10H,11,19H2,1H3. The number of methoxy groups -OCH3 is 1. The second-order valence-electron chi connectivity index (χ2n) is 4.84. The van der Waals surface area contributed by atoms with Crippen LogP contribution in [-0.2, 0) is 6.54 Å². The minimum atomic E-state index is 0.393. The molecule has 3 rings (SSSR count). The molecule has 2 aromatic carbocycles. The third kappa shape index (κ3) is 2.84. The minimum Gasteiger partial charge on any atom is -0.497 e. The second kappa shape index (κ2) is 6.22. The lowest BCUT2D eigenvalue weighted by Crippen LogP contribution is -2.01. The highest BCUT2D eigenvalue weighted by Gasteiger charge is 2.11. The van der Waals surface area contributed by atoms with E-state index >= 15 is 0 Å². The molecule has 0 aliphatic heterocycles. The zero-order valence-electron chi connectivity index (χ0n) is 12.2. The molecule has 0 aliphatic rings. The van der Waals surface area contributed by atoms with E-state index in [0.29, 0.717) is 11.6 Å². The third-order valence-electron chi connectivity index (χ3n) is 3.43. The molecule has 0 spiro atoms. The van der Waals surface area contributed by atoms with Gasteiger partial charge in [-0.2, -0.15) is 5.10 Å². The van der Waals surface area contributed by atoms with E-state index in [1.54, 1.807) is 7.11 Å². The summed E-state index contributed by atoms with van der Waals surface area (Å²) in [5, 5.41) is 5.28. The Morgan fingerprint density at radius 2 is 1.77 bits per heavy atom. The molecule has 0 atom stereocenters. The summed E-state index contributed by atoms with van der Waals surface area (Å²) >= 11 is 5.97. The first-order chi connectivity index (χ1) is 10.7. The van der Waals surface area contributed by atoms with Crippen LogP contribution >= 0.6 is 11.6 Å². The molecular weight excluding hydrogens is 298 g/mol. The molecule has 3 aromatic rings. The minimum absolute atomic E-state index is 0.393. The van der Waals surface area contributed by atoms with Crippen LogP contribution in [0.25, 0.3) is 16.9 Å². The van der Waals surface area contributed by atoms with Crippen LogP contribution in [0.5, 0.6) is 5.75 Å². The molecule has 112 valence electrons. The number of nitrogens with two attached hydrogens (primary N) is 1. The van der Waals surface area contributed by atoms with Crippen molar-refractivity contribution in [1.29, 1.82) is 0 Å². The van der Waals surface area contributed by atoms with Gasteiger partial charge in [-0.3, -0.25) is 0 Å². The van der Waals surface area contributed by atoms with Crippen molar-refractivity contribution in [2.45, 2.75) is 6.54 Å². The Labute approximate surface area is 134 Å². The quantitative estimate of drug-likeness (QED) is 0.799. The van der Waals surface area contributed by atoms with E-state index in [1.807, 2.05) is 59.3 Å². The first-order valence-corrected chi connectivity index (χ1v) is 7.28. The summed E-state index contributed by atoms with van der Waals surface area (Å²) in [6.07, 6.45) is 0. The molecule has 22 heavy (non-hydrogen) atoms. The van der Waals surface area contributed by atoms with E-state index in [9.17, 15) is 0 Å². The van der Waals surface area contributed by atoms with Crippen LogP contribution in [-0.4, -0.2) is 16.9 Å². The summed E-state index contributed by atoms with van der Waals surface area (Å²) in [5.41, 5.74) is 9.53. The lowest BCUT2D eigenvalue weighted by molar-refractivity contribution is 0.414. The second-order valence-corrected chi connectivity index (χ2v) is 5.28. The molecule has 0 aliphatic carbocycles. The van der Waals surface area contributed by atoms with Crippen LogP contribution in [0.1, 0.15) is 5.69 Å². The van der Waals surface area contributed by atoms with Crippen molar-refractivity contribution >= 4 is 11.6 Å². The molecule has 2 N–H and O–H groups in total. The molecular formula is C17H16ClN3O. The summed E-state index contributed by atoms with van der Waals surface area (Å²) in [4.78, 5) is 0. The molecule has 0 saturated carbocycles. The average Bonchev–Trinajstić information content (AvgIpc) is 3.00. The summed E-state index contributed by atoms with van der Waals surface area (Å²) in [6.45, 7) is 0.393. The zero-order valence-corrected chi connectivity index (χ0v) is 12.9. The van der Waals surface area contributed by atoms with E-state index in [4.69, 9.17) is 22.1 Å². The van der Waals surface area contributed by atoms with E-state index in [0.717, 1.165) is 28.4 Å². The van der Waals surface area contributed by atoms with Crippen molar-refractivity contribution in [2.75, 3.05) is 7.11 Å². The number of rotatable bonds is 4. The van der Waals surface area contributed by atoms with Crippen molar-refractivity contribution in [2.24, 2.45) is 5.73 Å². The van der Waals surface area contributed by atoms with Gasteiger partial charge in [-0.1, -0.05) is 23.7 Å². The Balaban J connectivity index is 2.09. The first kappa shape index (κ1) is 14.6. The third-order valence-corrected chi connectivity index (χ3v) is 3.68. The predicted molar refractivity (Wildman–Crippen MR) is 88.5 cm³/mol. The number of nitrogens with zero attached hydrogens (tertiary/aromatic N) is 2. The summed E-state index contributed by atoms with van der Waals surface area (Å²) < 4.78 is 7.07. The monoisotopic (exact) mass is 313 g/mol. The maximum absolute atomic E-state index is 5.97. The fourth-order valence-electron chi connectivity index (χ4n) is 2.28. The summed E-state index contributed by atoms with van der Waals surface area (Å²) in [5.74, 6) is 0.808. The Kier molecular flexibility index (Phi) is 4.13. The number of halogens is 1. The lowest BCUT2D eigenvalue weighted by Gasteiger charge is -2.08. The van der Waals surface area contributed by atoms with Crippen LogP contribution in [0.4, 0.5) is 0 Å². The first-order valence-electron chi connectivity index (χ1n) is 6.90. The van der Waals surface area contributed by atoms with Crippen LogP contribution in [0.3, 0.4) is 0 Å². The van der Waals surface area contributed by atoms with Gasteiger partial charge in [0.05, 0.1) is 24.2 Å². The van der Waals surface area contributed by atoms with Gasteiger partial charge in [0.25, 0.3) is 0 Å². The van der Waals surface area contributed by atoms with Gasteiger partial charge in [-0.15, -0.1) is 0 Å². The lowest BCUT2D eigenvalue weighted by atomic mass is 10.1. The van der Waals surface area contributed by atoms with Crippen molar-refractivity contribution in [3.8, 4) is 22.7 Å². The molecule has 4 nitrogen and oxygen atoms in total. The largest absolute Gasteiger partial charge is 0.497 e. The van der Waals surface area contributed by atoms with Crippen LogP contribution in [0, 0.1) is 0 Å². The average molecular weight is 314 g/mol. The fraction of sp³-hybridized carbons (Fsp3) is 0.118. The van der Waals surface area contributed by atoms with E-state index < -0.39 is 0 Å². The topological polar surface area (TPSA) is 53.1 Å². The van der Waals surface area contributed by atoms with Crippen molar-refractivity contribution in [3.05, 3.63) is 65.3 Å². The van der Waals surface area contributed by atoms with Gasteiger partial charge in [0.1, 0.15) is 5.75 Å². The highest BCUT2D eigenvalue weighted by molar-refractivity contribution is 6.30. The molecule has 0 amide bonds. The number of hydrogen-bond acceptors (Lipinski definition) is 3. The fourth-order valence-corrected chi connectivity index (χ4v) is 2.40. The number of aromatic nitrogens is 2. The Hall–Kier alpha value is -2.30. The normalized spacial score (nSPS) is 10.7. The van der Waals surface area contributed by atoms with Crippen molar-refractivity contribution in [3.63, 3.8) is 0 Å². The predicted octanol–water partition coefficient (Wildman–Crippen LogP) is 3.66. The van der Waals surface area contributed by atoms with Gasteiger partial charge in [0.2, 0.25) is 0 Å².